The number of aromatic nitrogens is 2. The highest BCUT2D eigenvalue weighted by Crippen LogP contribution is 2.20. The largest absolute Gasteiger partial charge is 0.353 e. The average molecular weight is 250 g/mol. The van der Waals surface area contributed by atoms with Crippen molar-refractivity contribution in [1.82, 2.24) is 14.5 Å². The van der Waals surface area contributed by atoms with Gasteiger partial charge in [-0.25, -0.2) is 4.98 Å². The summed E-state index contributed by atoms with van der Waals surface area (Å²) in [6.07, 6.45) is 5.70. The Kier molecular flexibility index (Phi) is 4.27. The second-order valence-electron chi connectivity index (χ2n) is 5.59. The van der Waals surface area contributed by atoms with Crippen molar-refractivity contribution in [2.24, 2.45) is 0 Å². The van der Waals surface area contributed by atoms with E-state index < -0.39 is 0 Å². The molecule has 0 aliphatic carbocycles. The molecule has 1 N–H and O–H groups in total. The van der Waals surface area contributed by atoms with E-state index in [1.807, 2.05) is 0 Å². The lowest BCUT2D eigenvalue weighted by atomic mass is 9.99. The highest BCUT2D eigenvalue weighted by molar-refractivity contribution is 5.30. The van der Waals surface area contributed by atoms with Gasteiger partial charge in [-0.3, -0.25) is 0 Å². The minimum absolute atomic E-state index is 0.564. The lowest BCUT2D eigenvalue weighted by Crippen LogP contribution is -2.43. The summed E-state index contributed by atoms with van der Waals surface area (Å²) < 4.78 is 2.25. The fourth-order valence-corrected chi connectivity index (χ4v) is 2.68. The van der Waals surface area contributed by atoms with Crippen LogP contribution in [0.5, 0.6) is 0 Å². The Morgan fingerprint density at radius 3 is 2.94 bits per heavy atom. The van der Waals surface area contributed by atoms with Gasteiger partial charge in [-0.05, 0) is 40.2 Å². The van der Waals surface area contributed by atoms with E-state index in [0.29, 0.717) is 12.1 Å². The first-order valence-electron chi connectivity index (χ1n) is 7.10. The second-order valence-corrected chi connectivity index (χ2v) is 5.59. The molecule has 1 aliphatic rings. The van der Waals surface area contributed by atoms with Crippen molar-refractivity contribution in [1.29, 1.82) is 0 Å². The molecule has 0 saturated carbocycles. The van der Waals surface area contributed by atoms with Gasteiger partial charge in [0, 0.05) is 31.4 Å². The number of rotatable bonds is 4. The molecule has 4 nitrogen and oxygen atoms in total. The number of hydrogen-bond donors (Lipinski definition) is 1. The molecule has 0 aromatic carbocycles. The van der Waals surface area contributed by atoms with E-state index in [9.17, 15) is 0 Å². The number of aryl methyl sites for hydroxylation is 2. The molecule has 102 valence electrons. The maximum Gasteiger partial charge on any atom is 0.203 e. The monoisotopic (exact) mass is 250 g/mol. The standard InChI is InChI=1S/C14H26N4/c1-5-7-18-10-11(2)15-14(18)16-13-6-8-17(4)12(3)9-13/h10,12-13H,5-9H2,1-4H3,(H,15,16). The van der Waals surface area contributed by atoms with Crippen LogP contribution in [0.3, 0.4) is 0 Å². The Hall–Kier alpha value is -1.03. The molecule has 1 aliphatic heterocycles. The van der Waals surface area contributed by atoms with E-state index in [1.54, 1.807) is 0 Å². The molecule has 4 heteroatoms. The smallest absolute Gasteiger partial charge is 0.203 e. The van der Waals surface area contributed by atoms with Crippen LogP contribution < -0.4 is 5.32 Å². The van der Waals surface area contributed by atoms with Crippen LogP contribution >= 0.6 is 0 Å². The summed E-state index contributed by atoms with van der Waals surface area (Å²) in [6, 6.07) is 1.22. The van der Waals surface area contributed by atoms with Gasteiger partial charge in [0.05, 0.1) is 5.69 Å². The Labute approximate surface area is 110 Å². The molecular weight excluding hydrogens is 224 g/mol. The highest BCUT2D eigenvalue weighted by atomic mass is 15.2. The van der Waals surface area contributed by atoms with Gasteiger partial charge < -0.3 is 14.8 Å². The molecule has 1 aromatic heterocycles. The van der Waals surface area contributed by atoms with E-state index in [1.165, 1.54) is 19.4 Å². The van der Waals surface area contributed by atoms with E-state index >= 15 is 0 Å². The van der Waals surface area contributed by atoms with Crippen LogP contribution in [-0.4, -0.2) is 40.1 Å². The quantitative estimate of drug-likeness (QED) is 0.891. The zero-order chi connectivity index (χ0) is 13.1. The van der Waals surface area contributed by atoms with Gasteiger partial charge >= 0.3 is 0 Å². The van der Waals surface area contributed by atoms with E-state index in [0.717, 1.165) is 24.6 Å². The minimum atomic E-state index is 0.564. The number of anilines is 1. The van der Waals surface area contributed by atoms with Crippen LogP contribution in [0.2, 0.25) is 0 Å². The third kappa shape index (κ3) is 3.05. The van der Waals surface area contributed by atoms with Gasteiger partial charge in [0.1, 0.15) is 0 Å². The van der Waals surface area contributed by atoms with Crippen LogP contribution in [0.4, 0.5) is 5.95 Å². The summed E-state index contributed by atoms with van der Waals surface area (Å²) in [6.45, 7) is 8.79. The molecule has 1 aromatic rings. The number of piperidine rings is 1. The molecule has 0 radical (unpaired) electrons. The SMILES string of the molecule is CCCn1cc(C)nc1NC1CCN(C)C(C)C1. The predicted octanol–water partition coefficient (Wildman–Crippen LogP) is 2.50. The van der Waals surface area contributed by atoms with Gasteiger partial charge in [-0.1, -0.05) is 6.92 Å². The third-order valence-corrected chi connectivity index (χ3v) is 3.90. The molecule has 1 saturated heterocycles. The first kappa shape index (κ1) is 13.4. The molecule has 2 atom stereocenters. The summed E-state index contributed by atoms with van der Waals surface area (Å²) in [5, 5.41) is 3.63. The van der Waals surface area contributed by atoms with Crippen molar-refractivity contribution in [3.63, 3.8) is 0 Å². The maximum absolute atomic E-state index is 4.61. The lowest BCUT2D eigenvalue weighted by molar-refractivity contribution is 0.189. The molecule has 0 spiro atoms. The highest BCUT2D eigenvalue weighted by Gasteiger charge is 2.23. The second kappa shape index (κ2) is 5.74. The summed E-state index contributed by atoms with van der Waals surface area (Å²) in [7, 11) is 2.21. The Morgan fingerprint density at radius 1 is 1.50 bits per heavy atom. The summed E-state index contributed by atoms with van der Waals surface area (Å²) in [5.74, 6) is 1.05. The van der Waals surface area contributed by atoms with Crippen molar-refractivity contribution < 1.29 is 0 Å². The van der Waals surface area contributed by atoms with Gasteiger partial charge in [0.25, 0.3) is 0 Å². The van der Waals surface area contributed by atoms with E-state index in [4.69, 9.17) is 0 Å². The molecule has 2 heterocycles. The van der Waals surface area contributed by atoms with Crippen LogP contribution in [0.15, 0.2) is 6.20 Å². The molecule has 2 rings (SSSR count). The molecule has 0 bridgehead atoms. The first-order chi connectivity index (χ1) is 8.60. The zero-order valence-corrected chi connectivity index (χ0v) is 12.1. The molecule has 18 heavy (non-hydrogen) atoms. The van der Waals surface area contributed by atoms with Crippen LogP contribution in [0.25, 0.3) is 0 Å². The molecule has 0 amide bonds. The van der Waals surface area contributed by atoms with E-state index in [-0.39, 0.29) is 0 Å². The van der Waals surface area contributed by atoms with Crippen molar-refractivity contribution in [3.05, 3.63) is 11.9 Å². The fourth-order valence-electron chi connectivity index (χ4n) is 2.68. The minimum Gasteiger partial charge on any atom is -0.353 e. The Bertz CT molecular complexity index is 385. The number of likely N-dealkylation sites (tertiary alicyclic amines) is 1. The van der Waals surface area contributed by atoms with Crippen molar-refractivity contribution in [2.75, 3.05) is 18.9 Å². The van der Waals surface area contributed by atoms with Crippen LogP contribution in [-0.2, 0) is 6.54 Å². The van der Waals surface area contributed by atoms with Gasteiger partial charge in [-0.2, -0.15) is 0 Å². The first-order valence-corrected chi connectivity index (χ1v) is 7.10. The normalized spacial score (nSPS) is 25.3. The summed E-state index contributed by atoms with van der Waals surface area (Å²) in [5.41, 5.74) is 1.10. The zero-order valence-electron chi connectivity index (χ0n) is 12.1. The fraction of sp³-hybridized carbons (Fsp3) is 0.786. The van der Waals surface area contributed by atoms with E-state index in [2.05, 4.69) is 53.8 Å². The Balaban J connectivity index is 2.00. The topological polar surface area (TPSA) is 33.1 Å². The number of nitrogens with zero attached hydrogens (tertiary/aromatic N) is 3. The van der Waals surface area contributed by atoms with Gasteiger partial charge in [0.15, 0.2) is 0 Å². The number of imidazole rings is 1. The Morgan fingerprint density at radius 2 is 2.28 bits per heavy atom. The average Bonchev–Trinajstić information content (AvgIpc) is 2.65. The van der Waals surface area contributed by atoms with Crippen molar-refractivity contribution in [3.8, 4) is 0 Å². The van der Waals surface area contributed by atoms with Crippen molar-refractivity contribution >= 4 is 5.95 Å². The summed E-state index contributed by atoms with van der Waals surface area (Å²) in [4.78, 5) is 7.04. The van der Waals surface area contributed by atoms with Crippen LogP contribution in [0.1, 0.15) is 38.8 Å². The lowest BCUT2D eigenvalue weighted by Gasteiger charge is -2.35. The third-order valence-electron chi connectivity index (χ3n) is 3.90. The molecule has 1 fully saturated rings. The summed E-state index contributed by atoms with van der Waals surface area (Å²) >= 11 is 0. The number of hydrogen-bond acceptors (Lipinski definition) is 3. The van der Waals surface area contributed by atoms with Gasteiger partial charge in [-0.15, -0.1) is 0 Å². The molecule has 2 unspecified atom stereocenters. The van der Waals surface area contributed by atoms with Crippen LogP contribution in [0, 0.1) is 6.92 Å². The number of nitrogens with one attached hydrogen (secondary N) is 1. The molecular formula is C14H26N4. The van der Waals surface area contributed by atoms with Gasteiger partial charge in [0.2, 0.25) is 5.95 Å². The van der Waals surface area contributed by atoms with Crippen molar-refractivity contribution in [2.45, 2.75) is 58.7 Å². The predicted molar refractivity (Wildman–Crippen MR) is 76.0 cm³/mol. The maximum atomic E-state index is 4.61.